The first-order chi connectivity index (χ1) is 8.06. The fourth-order valence-corrected chi connectivity index (χ4v) is 1.28. The number of pyridine rings is 1. The molecular formula is C10H15N5O2. The molecule has 0 saturated heterocycles. The van der Waals surface area contributed by atoms with Crippen molar-refractivity contribution < 1.29 is 10.2 Å². The summed E-state index contributed by atoms with van der Waals surface area (Å²) in [5.41, 5.74) is 8.60. The van der Waals surface area contributed by atoms with Crippen molar-refractivity contribution in [3.05, 3.63) is 34.3 Å². The van der Waals surface area contributed by atoms with Crippen LogP contribution in [0.25, 0.3) is 10.4 Å². The van der Waals surface area contributed by atoms with Gasteiger partial charge in [-0.25, -0.2) is 4.98 Å². The third kappa shape index (κ3) is 3.60. The molecule has 2 N–H and O–H groups in total. The van der Waals surface area contributed by atoms with E-state index in [1.807, 2.05) is 19.0 Å². The van der Waals surface area contributed by atoms with Crippen LogP contribution < -0.4 is 4.90 Å². The number of aromatic nitrogens is 1. The van der Waals surface area contributed by atoms with Gasteiger partial charge in [-0.05, 0) is 11.6 Å². The number of anilines is 1. The monoisotopic (exact) mass is 237 g/mol. The first-order valence-electron chi connectivity index (χ1n) is 5.06. The first-order valence-corrected chi connectivity index (χ1v) is 5.06. The lowest BCUT2D eigenvalue weighted by atomic mass is 10.1. The highest BCUT2D eigenvalue weighted by Crippen LogP contribution is 2.18. The molecule has 0 aromatic carbocycles. The molecule has 7 nitrogen and oxygen atoms in total. The summed E-state index contributed by atoms with van der Waals surface area (Å²) in [4.78, 5) is 8.46. The van der Waals surface area contributed by atoms with Crippen LogP contribution in [0, 0.1) is 0 Å². The summed E-state index contributed by atoms with van der Waals surface area (Å²) >= 11 is 0. The number of nitrogens with zero attached hydrogens (tertiary/aromatic N) is 5. The summed E-state index contributed by atoms with van der Waals surface area (Å²) in [5.74, 6) is 0.755. The molecule has 2 unspecified atom stereocenters. The van der Waals surface area contributed by atoms with Crippen LogP contribution in [0.2, 0.25) is 0 Å². The highest BCUT2D eigenvalue weighted by molar-refractivity contribution is 5.37. The normalized spacial score (nSPS) is 13.6. The van der Waals surface area contributed by atoms with E-state index < -0.39 is 12.2 Å². The van der Waals surface area contributed by atoms with Crippen molar-refractivity contribution in [2.75, 3.05) is 25.5 Å². The highest BCUT2D eigenvalue weighted by Gasteiger charge is 2.17. The molecule has 0 aliphatic heterocycles. The van der Waals surface area contributed by atoms with Gasteiger partial charge in [0.25, 0.3) is 0 Å². The molecule has 0 fully saturated rings. The van der Waals surface area contributed by atoms with Crippen molar-refractivity contribution in [3.63, 3.8) is 0 Å². The van der Waals surface area contributed by atoms with E-state index in [0.29, 0.717) is 5.56 Å². The second kappa shape index (κ2) is 6.05. The van der Waals surface area contributed by atoms with Gasteiger partial charge in [0.1, 0.15) is 11.9 Å². The Balaban J connectivity index is 2.75. The number of azide groups is 1. The Labute approximate surface area is 99.0 Å². The summed E-state index contributed by atoms with van der Waals surface area (Å²) in [6.07, 6.45) is -0.749. The quantitative estimate of drug-likeness (QED) is 0.450. The van der Waals surface area contributed by atoms with Crippen LogP contribution in [0.1, 0.15) is 11.7 Å². The Morgan fingerprint density at radius 1 is 1.47 bits per heavy atom. The van der Waals surface area contributed by atoms with Gasteiger partial charge in [-0.3, -0.25) is 0 Å². The van der Waals surface area contributed by atoms with Gasteiger partial charge >= 0.3 is 0 Å². The van der Waals surface area contributed by atoms with E-state index >= 15 is 0 Å². The van der Waals surface area contributed by atoms with Gasteiger partial charge in [0, 0.05) is 30.8 Å². The van der Waals surface area contributed by atoms with Gasteiger partial charge in [-0.2, -0.15) is 0 Å². The minimum absolute atomic E-state index is 0.174. The number of hydrogen-bond acceptors (Lipinski definition) is 5. The van der Waals surface area contributed by atoms with Gasteiger partial charge < -0.3 is 15.1 Å². The van der Waals surface area contributed by atoms with E-state index in [0.717, 1.165) is 5.82 Å². The minimum atomic E-state index is -1.13. The van der Waals surface area contributed by atoms with E-state index in [9.17, 15) is 10.2 Å². The van der Waals surface area contributed by atoms with Crippen molar-refractivity contribution in [1.29, 1.82) is 0 Å². The van der Waals surface area contributed by atoms with Crippen LogP contribution in [0.15, 0.2) is 23.4 Å². The maximum absolute atomic E-state index is 9.76. The van der Waals surface area contributed by atoms with Crippen LogP contribution >= 0.6 is 0 Å². The predicted molar refractivity (Wildman–Crippen MR) is 63.5 cm³/mol. The molecule has 0 saturated carbocycles. The molecule has 7 heteroatoms. The number of rotatable bonds is 5. The van der Waals surface area contributed by atoms with E-state index in [-0.39, 0.29) is 6.54 Å². The maximum atomic E-state index is 9.76. The Hall–Kier alpha value is -1.82. The SMILES string of the molecule is CN(C)c1ccc(C(O)C(O)CN=[N+]=[N-])cn1. The van der Waals surface area contributed by atoms with E-state index in [1.54, 1.807) is 12.1 Å². The first kappa shape index (κ1) is 13.2. The number of hydrogen-bond donors (Lipinski definition) is 2. The Kier molecular flexibility index (Phi) is 4.71. The second-order valence-electron chi connectivity index (χ2n) is 3.77. The zero-order valence-corrected chi connectivity index (χ0v) is 9.72. The summed E-state index contributed by atoms with van der Waals surface area (Å²) < 4.78 is 0. The Morgan fingerprint density at radius 2 is 2.18 bits per heavy atom. The summed E-state index contributed by atoms with van der Waals surface area (Å²) in [7, 11) is 3.71. The zero-order chi connectivity index (χ0) is 12.8. The van der Waals surface area contributed by atoms with Crippen molar-refractivity contribution in [2.45, 2.75) is 12.2 Å². The lowest BCUT2D eigenvalue weighted by Gasteiger charge is -2.17. The molecule has 2 atom stereocenters. The van der Waals surface area contributed by atoms with Gasteiger partial charge in [0.2, 0.25) is 0 Å². The van der Waals surface area contributed by atoms with Crippen molar-refractivity contribution in [1.82, 2.24) is 4.98 Å². The lowest BCUT2D eigenvalue weighted by molar-refractivity contribution is 0.0242. The molecule has 92 valence electrons. The molecule has 1 aromatic rings. The van der Waals surface area contributed by atoms with Gasteiger partial charge in [0.05, 0.1) is 12.6 Å². The molecule has 0 bridgehead atoms. The summed E-state index contributed by atoms with van der Waals surface area (Å²) in [6, 6.07) is 3.41. The smallest absolute Gasteiger partial charge is 0.127 e. The van der Waals surface area contributed by atoms with Gasteiger partial charge in [0.15, 0.2) is 0 Å². The summed E-state index contributed by atoms with van der Waals surface area (Å²) in [5, 5.41) is 22.5. The van der Waals surface area contributed by atoms with E-state index in [4.69, 9.17) is 5.53 Å². The van der Waals surface area contributed by atoms with Crippen LogP contribution in [0.4, 0.5) is 5.82 Å². The average molecular weight is 237 g/mol. The van der Waals surface area contributed by atoms with Crippen molar-refractivity contribution in [2.24, 2.45) is 5.11 Å². The molecule has 0 spiro atoms. The lowest BCUT2D eigenvalue weighted by Crippen LogP contribution is -2.21. The Bertz CT molecular complexity index is 400. The summed E-state index contributed by atoms with van der Waals surface area (Å²) in [6.45, 7) is -0.174. The molecule has 0 amide bonds. The van der Waals surface area contributed by atoms with Gasteiger partial charge in [-0.1, -0.05) is 11.2 Å². The average Bonchev–Trinajstić information content (AvgIpc) is 2.35. The predicted octanol–water partition coefficient (Wildman–Crippen LogP) is 0.852. The standard InChI is InChI=1S/C10H15N5O2/c1-15(2)9-4-3-7(5-12-9)10(17)8(16)6-13-14-11/h3-5,8,10,16-17H,6H2,1-2H3. The Morgan fingerprint density at radius 3 is 2.65 bits per heavy atom. The van der Waals surface area contributed by atoms with Crippen molar-refractivity contribution >= 4 is 5.82 Å². The van der Waals surface area contributed by atoms with Crippen molar-refractivity contribution in [3.8, 4) is 0 Å². The third-order valence-electron chi connectivity index (χ3n) is 2.27. The van der Waals surface area contributed by atoms with E-state index in [1.165, 1.54) is 6.20 Å². The zero-order valence-electron chi connectivity index (χ0n) is 9.72. The second-order valence-corrected chi connectivity index (χ2v) is 3.77. The largest absolute Gasteiger partial charge is 0.390 e. The fourth-order valence-electron chi connectivity index (χ4n) is 1.28. The molecule has 0 aliphatic carbocycles. The molecule has 17 heavy (non-hydrogen) atoms. The van der Waals surface area contributed by atoms with Gasteiger partial charge in [-0.15, -0.1) is 0 Å². The van der Waals surface area contributed by atoms with Crippen LogP contribution in [-0.4, -0.2) is 41.9 Å². The fraction of sp³-hybridized carbons (Fsp3) is 0.500. The minimum Gasteiger partial charge on any atom is -0.390 e. The number of aliphatic hydroxyl groups excluding tert-OH is 2. The molecule has 0 aliphatic rings. The molecule has 1 rings (SSSR count). The molecule has 0 radical (unpaired) electrons. The molecule has 1 heterocycles. The van der Waals surface area contributed by atoms with Crippen LogP contribution in [-0.2, 0) is 0 Å². The van der Waals surface area contributed by atoms with Crippen LogP contribution in [0.3, 0.4) is 0 Å². The van der Waals surface area contributed by atoms with Crippen LogP contribution in [0.5, 0.6) is 0 Å². The maximum Gasteiger partial charge on any atom is 0.127 e. The highest BCUT2D eigenvalue weighted by atomic mass is 16.3. The van der Waals surface area contributed by atoms with E-state index in [2.05, 4.69) is 15.0 Å². The molecule has 1 aromatic heterocycles. The third-order valence-corrected chi connectivity index (χ3v) is 2.27. The topological polar surface area (TPSA) is 105 Å². The molecular weight excluding hydrogens is 222 g/mol. The number of aliphatic hydroxyl groups is 2.